The Labute approximate surface area is 51.3 Å². The lowest BCUT2D eigenvalue weighted by Crippen LogP contribution is -2.09. The zero-order valence-electron chi connectivity index (χ0n) is 4.87. The van der Waals surface area contributed by atoms with Gasteiger partial charge in [-0.2, -0.15) is 0 Å². The van der Waals surface area contributed by atoms with Gasteiger partial charge in [0.15, 0.2) is 0 Å². The van der Waals surface area contributed by atoms with Crippen molar-refractivity contribution in [2.75, 3.05) is 7.11 Å². The predicted molar refractivity (Wildman–Crippen MR) is 28.4 cm³/mol. The van der Waals surface area contributed by atoms with E-state index in [4.69, 9.17) is 24.9 Å². The maximum Gasteiger partial charge on any atom is 0.414 e. The molecule has 0 spiro atoms. The van der Waals surface area contributed by atoms with Crippen molar-refractivity contribution in [1.29, 1.82) is 0 Å². The zero-order valence-corrected chi connectivity index (χ0v) is 4.87. The summed E-state index contributed by atoms with van der Waals surface area (Å²) in [4.78, 5) is 18.2. The van der Waals surface area contributed by atoms with E-state index in [1.54, 1.807) is 0 Å². The second-order valence-electron chi connectivity index (χ2n) is 0.610. The highest BCUT2D eigenvalue weighted by Crippen LogP contribution is 1.56. The van der Waals surface area contributed by atoms with Crippen molar-refractivity contribution in [2.45, 2.75) is 0 Å². The molecule has 0 fully saturated rings. The maximum atomic E-state index is 9.10. The molecule has 0 unspecified atom stereocenters. The lowest BCUT2D eigenvalue weighted by atomic mass is 10.7. The van der Waals surface area contributed by atoms with E-state index in [0.717, 1.165) is 7.11 Å². The molecule has 0 aromatic rings. The minimum absolute atomic E-state index is 0. The largest absolute Gasteiger partial charge is 0.473 e. The van der Waals surface area contributed by atoms with E-state index in [-0.39, 0.29) is 6.15 Å². The van der Waals surface area contributed by atoms with Crippen LogP contribution in [0.15, 0.2) is 0 Å². The Morgan fingerprint density at radius 1 is 1.00 bits per heavy atom. The molecule has 0 saturated carbocycles. The molecule has 0 rings (SSSR count). The fraction of sp³-hybridized carbons (Fsp3) is 0.333. The van der Waals surface area contributed by atoms with Crippen LogP contribution < -0.4 is 6.15 Å². The Morgan fingerprint density at radius 2 is 1.11 bits per heavy atom. The van der Waals surface area contributed by atoms with Crippen molar-refractivity contribution in [3.05, 3.63) is 0 Å². The first-order valence-electron chi connectivity index (χ1n) is 1.55. The first-order valence-corrected chi connectivity index (χ1v) is 1.55. The Morgan fingerprint density at radius 3 is 1.11 bits per heavy atom. The summed E-state index contributed by atoms with van der Waals surface area (Å²) in [6.45, 7) is 0. The normalized spacial score (nSPS) is 5.56. The fourth-order valence-corrected chi connectivity index (χ4v) is 0. The summed E-state index contributed by atoms with van der Waals surface area (Å²) in [6.07, 6.45) is 0. The van der Waals surface area contributed by atoms with Crippen molar-refractivity contribution < 1.29 is 24.9 Å². The number of aliphatic carboxylic acids is 2. The second kappa shape index (κ2) is 9.97. The third kappa shape index (κ3) is 19.8. The number of aliphatic hydroxyl groups excluding tert-OH is 1. The number of aliphatic hydroxyl groups is 1. The van der Waals surface area contributed by atoms with Crippen molar-refractivity contribution in [3.63, 3.8) is 0 Å². The summed E-state index contributed by atoms with van der Waals surface area (Å²) < 4.78 is 0. The van der Waals surface area contributed by atoms with Gasteiger partial charge in [-0.1, -0.05) is 0 Å². The van der Waals surface area contributed by atoms with Gasteiger partial charge in [0.05, 0.1) is 0 Å². The average molecular weight is 139 g/mol. The van der Waals surface area contributed by atoms with Crippen LogP contribution >= 0.6 is 0 Å². The van der Waals surface area contributed by atoms with Crippen LogP contribution in [-0.2, 0) is 9.59 Å². The van der Waals surface area contributed by atoms with Crippen LogP contribution in [0.5, 0.6) is 0 Å². The van der Waals surface area contributed by atoms with Gasteiger partial charge in [-0.3, -0.25) is 0 Å². The number of hydrogen-bond donors (Lipinski definition) is 4. The number of rotatable bonds is 0. The molecular formula is C3H9NO5. The highest BCUT2D eigenvalue weighted by atomic mass is 16.4. The molecule has 0 atom stereocenters. The van der Waals surface area contributed by atoms with E-state index < -0.39 is 11.9 Å². The van der Waals surface area contributed by atoms with Crippen molar-refractivity contribution in [2.24, 2.45) is 0 Å². The highest BCUT2D eigenvalue weighted by molar-refractivity contribution is 6.27. The first kappa shape index (κ1) is 15.7. The molecule has 0 saturated heterocycles. The molecule has 0 aromatic heterocycles. The van der Waals surface area contributed by atoms with Gasteiger partial charge in [-0.15, -0.1) is 0 Å². The minimum atomic E-state index is -1.82. The van der Waals surface area contributed by atoms with Gasteiger partial charge in [0.1, 0.15) is 0 Å². The maximum absolute atomic E-state index is 9.10. The van der Waals surface area contributed by atoms with Gasteiger partial charge >= 0.3 is 11.9 Å². The van der Waals surface area contributed by atoms with Gasteiger partial charge in [0.25, 0.3) is 0 Å². The Bertz CT molecular complexity index is 78.2. The highest BCUT2D eigenvalue weighted by Gasteiger charge is 2.04. The molecule has 0 aromatic carbocycles. The summed E-state index contributed by atoms with van der Waals surface area (Å²) in [5.74, 6) is -3.65. The molecule has 0 bridgehead atoms. The lowest BCUT2D eigenvalue weighted by Gasteiger charge is -1.72. The summed E-state index contributed by atoms with van der Waals surface area (Å²) in [7, 11) is 1.00. The van der Waals surface area contributed by atoms with E-state index in [0.29, 0.717) is 0 Å². The summed E-state index contributed by atoms with van der Waals surface area (Å²) >= 11 is 0. The van der Waals surface area contributed by atoms with E-state index in [2.05, 4.69) is 0 Å². The topological polar surface area (TPSA) is 130 Å². The molecule has 0 radical (unpaired) electrons. The fourth-order valence-electron chi connectivity index (χ4n) is 0. The second-order valence-corrected chi connectivity index (χ2v) is 0.610. The molecule has 6 heteroatoms. The number of carboxylic acid groups (broad SMARTS) is 2. The zero-order chi connectivity index (χ0) is 7.15. The van der Waals surface area contributed by atoms with Crippen molar-refractivity contribution in [1.82, 2.24) is 6.15 Å². The summed E-state index contributed by atoms with van der Waals surface area (Å²) in [5, 5.41) is 21.8. The van der Waals surface area contributed by atoms with E-state index in [9.17, 15) is 0 Å². The van der Waals surface area contributed by atoms with E-state index >= 15 is 0 Å². The predicted octanol–water partition coefficient (Wildman–Crippen LogP) is -1.07. The van der Waals surface area contributed by atoms with Crippen LogP contribution in [0.2, 0.25) is 0 Å². The molecule has 56 valence electrons. The molecule has 0 aliphatic rings. The van der Waals surface area contributed by atoms with Crippen LogP contribution in [0, 0.1) is 0 Å². The van der Waals surface area contributed by atoms with Crippen LogP contribution in [0.1, 0.15) is 0 Å². The van der Waals surface area contributed by atoms with E-state index in [1.807, 2.05) is 0 Å². The quantitative estimate of drug-likeness (QED) is 0.316. The Balaban J connectivity index is -0.000000109. The molecule has 6 N–H and O–H groups in total. The SMILES string of the molecule is CO.N.O=C(O)C(=O)O. The van der Waals surface area contributed by atoms with E-state index in [1.165, 1.54) is 0 Å². The number of carbonyl (C=O) groups is 2. The minimum Gasteiger partial charge on any atom is -0.473 e. The Hall–Kier alpha value is -1.14. The van der Waals surface area contributed by atoms with Gasteiger partial charge in [-0.25, -0.2) is 9.59 Å². The molecule has 0 heterocycles. The molecule has 9 heavy (non-hydrogen) atoms. The molecule has 6 nitrogen and oxygen atoms in total. The third-order valence-electron chi connectivity index (χ3n) is 0.183. The molecule has 0 aliphatic carbocycles. The Kier molecular flexibility index (Phi) is 17.4. The van der Waals surface area contributed by atoms with Gasteiger partial charge < -0.3 is 21.5 Å². The molecular weight excluding hydrogens is 130 g/mol. The van der Waals surface area contributed by atoms with Crippen molar-refractivity contribution in [3.8, 4) is 0 Å². The first-order chi connectivity index (χ1) is 3.64. The third-order valence-corrected chi connectivity index (χ3v) is 0.183. The van der Waals surface area contributed by atoms with Crippen LogP contribution in [0.3, 0.4) is 0 Å². The van der Waals surface area contributed by atoms with Gasteiger partial charge in [-0.05, 0) is 0 Å². The number of hydrogen-bond acceptors (Lipinski definition) is 4. The van der Waals surface area contributed by atoms with Crippen LogP contribution in [0.4, 0.5) is 0 Å². The monoisotopic (exact) mass is 139 g/mol. The number of carboxylic acids is 2. The standard InChI is InChI=1S/C2H2O4.CH4O.H3N/c3-1(4)2(5)6;1-2;/h(H,3,4)(H,5,6);2H,1H3;1H3. The average Bonchev–Trinajstić information content (AvgIpc) is 1.72. The molecule has 0 aliphatic heterocycles. The summed E-state index contributed by atoms with van der Waals surface area (Å²) in [6, 6.07) is 0. The molecule has 0 amide bonds. The van der Waals surface area contributed by atoms with Crippen LogP contribution in [-0.4, -0.2) is 34.4 Å². The lowest BCUT2D eigenvalue weighted by molar-refractivity contribution is -0.159. The van der Waals surface area contributed by atoms with Gasteiger partial charge in [0, 0.05) is 7.11 Å². The smallest absolute Gasteiger partial charge is 0.414 e. The van der Waals surface area contributed by atoms with Gasteiger partial charge in [0.2, 0.25) is 0 Å². The van der Waals surface area contributed by atoms with Crippen molar-refractivity contribution >= 4 is 11.9 Å². The summed E-state index contributed by atoms with van der Waals surface area (Å²) in [5.41, 5.74) is 0. The van der Waals surface area contributed by atoms with Crippen LogP contribution in [0.25, 0.3) is 0 Å².